The van der Waals surface area contributed by atoms with Crippen LogP contribution >= 0.6 is 22.9 Å². The first-order valence-corrected chi connectivity index (χ1v) is 8.40. The molecule has 0 fully saturated rings. The quantitative estimate of drug-likeness (QED) is 0.501. The molecule has 0 atom stereocenters. The first-order chi connectivity index (χ1) is 11.1. The first-order valence-electron chi connectivity index (χ1n) is 6.75. The van der Waals surface area contributed by atoms with E-state index in [1.807, 2.05) is 36.6 Å². The largest absolute Gasteiger partial charge is 0.314 e. The van der Waals surface area contributed by atoms with Crippen molar-refractivity contribution in [2.75, 3.05) is 6.61 Å². The van der Waals surface area contributed by atoms with Crippen LogP contribution in [0.4, 0.5) is 0 Å². The Morgan fingerprint density at radius 2 is 2.00 bits per heavy atom. The van der Waals surface area contributed by atoms with Crippen molar-refractivity contribution in [3.8, 4) is 21.8 Å². The van der Waals surface area contributed by atoms with Gasteiger partial charge in [-0.15, -0.1) is 26.5 Å². The zero-order valence-corrected chi connectivity index (χ0v) is 13.8. The topological polar surface area (TPSA) is 91.0 Å². The van der Waals surface area contributed by atoms with E-state index in [1.165, 1.54) is 22.9 Å². The van der Waals surface area contributed by atoms with Crippen LogP contribution < -0.4 is 0 Å². The zero-order chi connectivity index (χ0) is 16.2. The highest BCUT2D eigenvalue weighted by molar-refractivity contribution is 7.15. The number of hydrogen-bond acceptors (Lipinski definition) is 8. The molecular weight excluding hydrogens is 336 g/mol. The third-order valence-electron chi connectivity index (χ3n) is 3.21. The molecule has 0 spiro atoms. The van der Waals surface area contributed by atoms with Crippen LogP contribution in [0.15, 0.2) is 29.6 Å². The Hall–Kier alpha value is -2.39. The fourth-order valence-electron chi connectivity index (χ4n) is 2.07. The van der Waals surface area contributed by atoms with Crippen LogP contribution in [0, 0.1) is 17.0 Å². The molecule has 2 heterocycles. The van der Waals surface area contributed by atoms with Gasteiger partial charge in [0.05, 0.1) is 5.69 Å². The van der Waals surface area contributed by atoms with Gasteiger partial charge in [-0.2, -0.15) is 0 Å². The lowest BCUT2D eigenvalue weighted by Crippen LogP contribution is -2.04. The molecule has 0 saturated carbocycles. The van der Waals surface area contributed by atoms with Crippen molar-refractivity contribution in [2.45, 2.75) is 13.3 Å². The number of benzene rings is 1. The molecule has 9 heteroatoms. The predicted octanol–water partition coefficient (Wildman–Crippen LogP) is 3.39. The van der Waals surface area contributed by atoms with Gasteiger partial charge in [-0.1, -0.05) is 28.8 Å². The van der Waals surface area contributed by atoms with Crippen LogP contribution in [0.3, 0.4) is 0 Å². The Morgan fingerprint density at radius 3 is 2.65 bits per heavy atom. The van der Waals surface area contributed by atoms with Crippen LogP contribution in [0.2, 0.25) is 0 Å². The molecule has 0 bridgehead atoms. The van der Waals surface area contributed by atoms with Crippen molar-refractivity contribution < 1.29 is 9.92 Å². The van der Waals surface area contributed by atoms with Gasteiger partial charge in [0, 0.05) is 27.8 Å². The van der Waals surface area contributed by atoms with Crippen molar-refractivity contribution in [1.29, 1.82) is 0 Å². The van der Waals surface area contributed by atoms with Gasteiger partial charge in [-0.25, -0.2) is 4.98 Å². The van der Waals surface area contributed by atoms with Gasteiger partial charge in [0.15, 0.2) is 0 Å². The number of rotatable bonds is 6. The molecule has 23 heavy (non-hydrogen) atoms. The van der Waals surface area contributed by atoms with E-state index in [-0.39, 0.29) is 6.61 Å². The molecule has 0 aliphatic heterocycles. The van der Waals surface area contributed by atoms with Gasteiger partial charge in [-0.3, -0.25) is 0 Å². The van der Waals surface area contributed by atoms with E-state index in [0.717, 1.165) is 32.4 Å². The fraction of sp³-hybridized carbons (Fsp3) is 0.214. The van der Waals surface area contributed by atoms with Crippen LogP contribution in [-0.4, -0.2) is 26.3 Å². The summed E-state index contributed by atoms with van der Waals surface area (Å²) in [6.45, 7) is 1.95. The van der Waals surface area contributed by atoms with Crippen molar-refractivity contribution in [1.82, 2.24) is 14.6 Å². The van der Waals surface area contributed by atoms with E-state index in [9.17, 15) is 10.1 Å². The Bertz CT molecular complexity index is 800. The van der Waals surface area contributed by atoms with Crippen molar-refractivity contribution in [2.24, 2.45) is 0 Å². The molecule has 0 radical (unpaired) electrons. The Balaban J connectivity index is 1.75. The third kappa shape index (κ3) is 3.69. The van der Waals surface area contributed by atoms with E-state index in [1.54, 1.807) is 0 Å². The van der Waals surface area contributed by atoms with Crippen LogP contribution in [-0.2, 0) is 11.3 Å². The second kappa shape index (κ2) is 6.80. The van der Waals surface area contributed by atoms with E-state index >= 15 is 0 Å². The zero-order valence-electron chi connectivity index (χ0n) is 12.1. The second-order valence-electron chi connectivity index (χ2n) is 4.70. The number of thiazole rings is 1. The van der Waals surface area contributed by atoms with Gasteiger partial charge in [0.2, 0.25) is 0 Å². The summed E-state index contributed by atoms with van der Waals surface area (Å²) in [6.07, 6.45) is 0.479. The average Bonchev–Trinajstić information content (AvgIpc) is 3.18. The summed E-state index contributed by atoms with van der Waals surface area (Å²) < 4.78 is 3.86. The van der Waals surface area contributed by atoms with Crippen molar-refractivity contribution in [3.63, 3.8) is 0 Å². The molecule has 2 aromatic heterocycles. The Kier molecular flexibility index (Phi) is 4.58. The highest BCUT2D eigenvalue weighted by atomic mass is 32.1. The molecule has 0 saturated heterocycles. The molecule has 0 aliphatic rings. The normalized spacial score (nSPS) is 10.7. The monoisotopic (exact) mass is 348 g/mol. The van der Waals surface area contributed by atoms with E-state index in [2.05, 4.69) is 19.4 Å². The lowest BCUT2D eigenvalue weighted by atomic mass is 10.1. The SMILES string of the molecule is Cc1nc(-c2ccc(-c3csnn3)cc2)sc1CCO[N+](=O)[O-]. The first kappa shape index (κ1) is 15.5. The van der Waals surface area contributed by atoms with Crippen LogP contribution in [0.25, 0.3) is 21.8 Å². The van der Waals surface area contributed by atoms with Gasteiger partial charge < -0.3 is 4.84 Å². The smallest absolute Gasteiger partial charge is 0.294 e. The summed E-state index contributed by atoms with van der Waals surface area (Å²) >= 11 is 2.85. The molecule has 3 aromatic rings. The highest BCUT2D eigenvalue weighted by Gasteiger charge is 2.11. The lowest BCUT2D eigenvalue weighted by Gasteiger charge is -1.99. The molecule has 0 N–H and O–H groups in total. The molecule has 0 unspecified atom stereocenters. The summed E-state index contributed by atoms with van der Waals surface area (Å²) in [5.74, 6) is 0. The molecule has 1 aromatic carbocycles. The van der Waals surface area contributed by atoms with E-state index in [0.29, 0.717) is 6.42 Å². The Morgan fingerprint density at radius 1 is 1.26 bits per heavy atom. The summed E-state index contributed by atoms with van der Waals surface area (Å²) in [6, 6.07) is 7.95. The highest BCUT2D eigenvalue weighted by Crippen LogP contribution is 2.30. The maximum atomic E-state index is 10.2. The molecule has 7 nitrogen and oxygen atoms in total. The fourth-order valence-corrected chi connectivity index (χ4v) is 3.58. The van der Waals surface area contributed by atoms with E-state index < -0.39 is 5.09 Å². The Labute approximate surface area is 139 Å². The third-order valence-corrected chi connectivity index (χ3v) is 4.98. The summed E-state index contributed by atoms with van der Waals surface area (Å²) in [5.41, 5.74) is 3.75. The number of aromatic nitrogens is 3. The molecule has 0 aliphatic carbocycles. The lowest BCUT2D eigenvalue weighted by molar-refractivity contribution is -0.757. The van der Waals surface area contributed by atoms with Crippen molar-refractivity contribution in [3.05, 3.63) is 50.3 Å². The van der Waals surface area contributed by atoms with Gasteiger partial charge in [-0.05, 0) is 18.5 Å². The van der Waals surface area contributed by atoms with E-state index in [4.69, 9.17) is 0 Å². The molecule has 0 amide bonds. The van der Waals surface area contributed by atoms with Crippen molar-refractivity contribution >= 4 is 22.9 Å². The van der Waals surface area contributed by atoms with Crippen LogP contribution in [0.1, 0.15) is 10.6 Å². The minimum atomic E-state index is -0.774. The predicted molar refractivity (Wildman–Crippen MR) is 87.8 cm³/mol. The minimum absolute atomic E-state index is 0.0469. The minimum Gasteiger partial charge on any atom is -0.314 e. The van der Waals surface area contributed by atoms with Gasteiger partial charge in [0.25, 0.3) is 5.09 Å². The summed E-state index contributed by atoms with van der Waals surface area (Å²) in [5, 5.41) is 16.2. The standard InChI is InChI=1S/C14H12N4O3S2/c1-9-13(6-7-21-18(19)20)23-14(15-9)11-4-2-10(3-5-11)12-8-22-17-16-12/h2-5,8H,6-7H2,1H3. The molecular formula is C14H12N4O3S2. The maximum Gasteiger partial charge on any atom is 0.294 e. The molecule has 118 valence electrons. The molecule has 3 rings (SSSR count). The summed E-state index contributed by atoms with van der Waals surface area (Å²) in [7, 11) is 0. The van der Waals surface area contributed by atoms with Crippen LogP contribution in [0.5, 0.6) is 0 Å². The number of aryl methyl sites for hydroxylation is 1. The summed E-state index contributed by atoms with van der Waals surface area (Å²) in [4.78, 5) is 20.1. The second-order valence-corrected chi connectivity index (χ2v) is 6.40. The van der Waals surface area contributed by atoms with Gasteiger partial charge in [0.1, 0.15) is 17.3 Å². The number of nitrogens with zero attached hydrogens (tertiary/aromatic N) is 4. The average molecular weight is 348 g/mol. The van der Waals surface area contributed by atoms with Gasteiger partial charge >= 0.3 is 0 Å². The number of hydrogen-bond donors (Lipinski definition) is 0. The maximum absolute atomic E-state index is 10.2.